The van der Waals surface area contributed by atoms with E-state index in [4.69, 9.17) is 0 Å². The van der Waals surface area contributed by atoms with E-state index >= 15 is 0 Å². The summed E-state index contributed by atoms with van der Waals surface area (Å²) in [5.41, 5.74) is 2.87. The second-order valence-corrected chi connectivity index (χ2v) is 8.22. The zero-order valence-corrected chi connectivity index (χ0v) is 17.8. The van der Waals surface area contributed by atoms with Gasteiger partial charge in [0.25, 0.3) is 11.5 Å². The molecule has 4 aromatic rings. The highest BCUT2D eigenvalue weighted by Gasteiger charge is 2.22. The summed E-state index contributed by atoms with van der Waals surface area (Å²) in [6.07, 6.45) is 0.858. The fourth-order valence-corrected chi connectivity index (χ4v) is 5.01. The summed E-state index contributed by atoms with van der Waals surface area (Å²) in [7, 11) is 0. The summed E-state index contributed by atoms with van der Waals surface area (Å²) < 4.78 is 2.67. The maximum atomic E-state index is 13.5. The average Bonchev–Trinajstić information content (AvgIpc) is 3.19. The van der Waals surface area contributed by atoms with Crippen LogP contribution in [0.5, 0.6) is 0 Å². The molecule has 0 radical (unpaired) electrons. The summed E-state index contributed by atoms with van der Waals surface area (Å²) in [5, 5.41) is 1.64. The number of thiophene rings is 1. The molecule has 0 bridgehead atoms. The largest absolute Gasteiger partial charge is 0.308 e. The molecule has 148 valence electrons. The second kappa shape index (κ2) is 7.84. The minimum absolute atomic E-state index is 0.0329. The van der Waals surface area contributed by atoms with Gasteiger partial charge in [-0.2, -0.15) is 0 Å². The number of amides is 1. The van der Waals surface area contributed by atoms with Gasteiger partial charge in [0.2, 0.25) is 0 Å². The highest BCUT2D eigenvalue weighted by Crippen LogP contribution is 2.32. The SMILES string of the molecule is CCCN(C(=O)c1cc2c(=O)n(CC)c3ccccc3c2s1)c1ccccc1C. The van der Waals surface area contributed by atoms with Crippen LogP contribution in [-0.2, 0) is 6.54 Å². The van der Waals surface area contributed by atoms with Crippen molar-refractivity contribution in [1.82, 2.24) is 4.57 Å². The number of para-hydroxylation sites is 2. The van der Waals surface area contributed by atoms with Gasteiger partial charge < -0.3 is 9.47 Å². The van der Waals surface area contributed by atoms with Crippen LogP contribution in [0.1, 0.15) is 35.5 Å². The molecule has 0 saturated heterocycles. The first-order chi connectivity index (χ1) is 14.1. The van der Waals surface area contributed by atoms with E-state index < -0.39 is 0 Å². The lowest BCUT2D eigenvalue weighted by Gasteiger charge is -2.23. The topological polar surface area (TPSA) is 42.3 Å². The molecule has 29 heavy (non-hydrogen) atoms. The number of aryl methyl sites for hydroxylation is 2. The Morgan fingerprint density at radius 1 is 1.03 bits per heavy atom. The maximum Gasteiger partial charge on any atom is 0.268 e. The van der Waals surface area contributed by atoms with Gasteiger partial charge in [-0.1, -0.05) is 43.3 Å². The van der Waals surface area contributed by atoms with Crippen molar-refractivity contribution >= 4 is 43.9 Å². The standard InChI is InChI=1S/C24H24N2O2S/c1-4-14-26(19-12-8-6-10-16(19)3)24(28)21-15-18-22(29-21)17-11-7-9-13-20(17)25(5-2)23(18)27/h6-13,15H,4-5,14H2,1-3H3. The number of carbonyl (C=O) groups is 1. The molecule has 0 atom stereocenters. The number of pyridine rings is 1. The summed E-state index contributed by atoms with van der Waals surface area (Å²) >= 11 is 1.42. The van der Waals surface area contributed by atoms with Crippen molar-refractivity contribution in [2.75, 3.05) is 11.4 Å². The van der Waals surface area contributed by atoms with Gasteiger partial charge >= 0.3 is 0 Å². The predicted octanol–water partition coefficient (Wildman–Crippen LogP) is 5.60. The number of aromatic nitrogens is 1. The second-order valence-electron chi connectivity index (χ2n) is 7.16. The summed E-state index contributed by atoms with van der Waals surface area (Å²) in [6, 6.07) is 17.6. The number of fused-ring (bicyclic) bond motifs is 3. The lowest BCUT2D eigenvalue weighted by atomic mass is 10.1. The molecule has 1 amide bonds. The highest BCUT2D eigenvalue weighted by atomic mass is 32.1. The Hall–Kier alpha value is -2.92. The third-order valence-corrected chi connectivity index (χ3v) is 6.43. The van der Waals surface area contributed by atoms with Gasteiger partial charge in [-0.25, -0.2) is 0 Å². The number of hydrogen-bond acceptors (Lipinski definition) is 3. The van der Waals surface area contributed by atoms with Crippen molar-refractivity contribution < 1.29 is 4.79 Å². The van der Waals surface area contributed by atoms with Crippen molar-refractivity contribution in [2.24, 2.45) is 0 Å². The Labute approximate surface area is 174 Å². The molecule has 0 N–H and O–H groups in total. The van der Waals surface area contributed by atoms with Crippen molar-refractivity contribution in [3.8, 4) is 0 Å². The van der Waals surface area contributed by atoms with Gasteiger partial charge in [0.1, 0.15) is 0 Å². The van der Waals surface area contributed by atoms with Crippen LogP contribution in [0.15, 0.2) is 59.4 Å². The molecule has 0 aliphatic carbocycles. The molecule has 0 aliphatic heterocycles. The van der Waals surface area contributed by atoms with Crippen LogP contribution in [-0.4, -0.2) is 17.0 Å². The fourth-order valence-electron chi connectivity index (χ4n) is 3.88. The molecule has 4 rings (SSSR count). The zero-order chi connectivity index (χ0) is 20.5. The van der Waals surface area contributed by atoms with Gasteiger partial charge in [0.05, 0.1) is 15.8 Å². The number of rotatable bonds is 5. The van der Waals surface area contributed by atoms with E-state index in [-0.39, 0.29) is 11.5 Å². The lowest BCUT2D eigenvalue weighted by molar-refractivity contribution is 0.0990. The van der Waals surface area contributed by atoms with Crippen LogP contribution in [0.3, 0.4) is 0 Å². The summed E-state index contributed by atoms with van der Waals surface area (Å²) in [5.74, 6) is -0.0473. The van der Waals surface area contributed by atoms with E-state index in [0.29, 0.717) is 23.4 Å². The highest BCUT2D eigenvalue weighted by molar-refractivity contribution is 7.21. The van der Waals surface area contributed by atoms with E-state index in [9.17, 15) is 9.59 Å². The van der Waals surface area contributed by atoms with Gasteiger partial charge in [-0.05, 0) is 44.0 Å². The Kier molecular flexibility index (Phi) is 5.24. The van der Waals surface area contributed by atoms with Crippen molar-refractivity contribution in [2.45, 2.75) is 33.7 Å². The van der Waals surface area contributed by atoms with E-state index in [1.54, 1.807) is 10.6 Å². The molecule has 0 aliphatic rings. The first-order valence-corrected chi connectivity index (χ1v) is 10.8. The van der Waals surface area contributed by atoms with Crippen molar-refractivity contribution in [3.63, 3.8) is 0 Å². The number of hydrogen-bond donors (Lipinski definition) is 0. The van der Waals surface area contributed by atoms with Crippen LogP contribution in [0, 0.1) is 6.92 Å². The molecular weight excluding hydrogens is 380 g/mol. The summed E-state index contributed by atoms with van der Waals surface area (Å²) in [6.45, 7) is 7.29. The third kappa shape index (κ3) is 3.25. The van der Waals surface area contributed by atoms with Crippen LogP contribution >= 0.6 is 11.3 Å². The predicted molar refractivity (Wildman–Crippen MR) is 122 cm³/mol. The van der Waals surface area contributed by atoms with Crippen LogP contribution in [0.2, 0.25) is 0 Å². The summed E-state index contributed by atoms with van der Waals surface area (Å²) in [4.78, 5) is 29.0. The van der Waals surface area contributed by atoms with E-state index in [2.05, 4.69) is 6.92 Å². The molecule has 2 heterocycles. The zero-order valence-electron chi connectivity index (χ0n) is 16.9. The monoisotopic (exact) mass is 404 g/mol. The molecule has 0 unspecified atom stereocenters. The fraction of sp³-hybridized carbons (Fsp3) is 0.250. The Morgan fingerprint density at radius 3 is 2.48 bits per heavy atom. The first-order valence-electron chi connectivity index (χ1n) is 9.99. The quantitative estimate of drug-likeness (QED) is 0.434. The molecule has 2 aromatic carbocycles. The van der Waals surface area contributed by atoms with E-state index in [1.165, 1.54) is 11.3 Å². The average molecular weight is 405 g/mol. The molecule has 0 saturated carbocycles. The number of carbonyl (C=O) groups excluding carboxylic acids is 1. The van der Waals surface area contributed by atoms with Gasteiger partial charge in [0, 0.05) is 28.9 Å². The number of nitrogens with zero attached hydrogens (tertiary/aromatic N) is 2. The van der Waals surface area contributed by atoms with Crippen LogP contribution < -0.4 is 10.5 Å². The smallest absolute Gasteiger partial charge is 0.268 e. The van der Waals surface area contributed by atoms with Crippen LogP contribution in [0.25, 0.3) is 21.0 Å². The molecule has 5 heteroatoms. The Morgan fingerprint density at radius 2 is 1.76 bits per heavy atom. The molecule has 4 nitrogen and oxygen atoms in total. The third-order valence-electron chi connectivity index (χ3n) is 5.27. The van der Waals surface area contributed by atoms with Crippen molar-refractivity contribution in [3.05, 3.63) is 75.4 Å². The number of benzene rings is 2. The normalized spacial score (nSPS) is 11.3. The lowest BCUT2D eigenvalue weighted by Crippen LogP contribution is -2.31. The van der Waals surface area contributed by atoms with E-state index in [0.717, 1.165) is 33.3 Å². The Bertz CT molecular complexity index is 1270. The van der Waals surface area contributed by atoms with Crippen LogP contribution in [0.4, 0.5) is 5.69 Å². The molecular formula is C24H24N2O2S. The Balaban J connectivity index is 1.91. The van der Waals surface area contributed by atoms with Gasteiger partial charge in [-0.3, -0.25) is 9.59 Å². The minimum Gasteiger partial charge on any atom is -0.308 e. The molecule has 2 aromatic heterocycles. The van der Waals surface area contributed by atoms with Gasteiger partial charge in [-0.15, -0.1) is 11.3 Å². The van der Waals surface area contributed by atoms with E-state index in [1.807, 2.05) is 67.3 Å². The maximum absolute atomic E-state index is 13.5. The first kappa shape index (κ1) is 19.4. The number of anilines is 1. The molecule has 0 fully saturated rings. The minimum atomic E-state index is -0.0473. The van der Waals surface area contributed by atoms with Crippen molar-refractivity contribution in [1.29, 1.82) is 0 Å². The van der Waals surface area contributed by atoms with Gasteiger partial charge in [0.15, 0.2) is 0 Å². The molecule has 0 spiro atoms.